The Kier molecular flexibility index (Phi) is 2.68. The predicted molar refractivity (Wildman–Crippen MR) is 74.0 cm³/mol. The smallest absolute Gasteiger partial charge is 0.276 e. The number of anilines is 2. The zero-order valence-electron chi connectivity index (χ0n) is 10.3. The summed E-state index contributed by atoms with van der Waals surface area (Å²) in [5, 5.41) is 4.25. The Balaban J connectivity index is 2.04. The number of benzene rings is 1. The van der Waals surface area contributed by atoms with Gasteiger partial charge >= 0.3 is 0 Å². The molecule has 0 aliphatic carbocycles. The first-order chi connectivity index (χ1) is 9.65. The Labute approximate surface area is 113 Å². The van der Waals surface area contributed by atoms with Gasteiger partial charge in [0, 0.05) is 11.3 Å². The van der Waals surface area contributed by atoms with E-state index >= 15 is 0 Å². The Hall–Kier alpha value is -3.16. The third-order valence-electron chi connectivity index (χ3n) is 2.75. The van der Waals surface area contributed by atoms with Gasteiger partial charge in [0.2, 0.25) is 0 Å². The third-order valence-corrected chi connectivity index (χ3v) is 2.75. The van der Waals surface area contributed by atoms with E-state index in [1.807, 2.05) is 12.1 Å². The van der Waals surface area contributed by atoms with Crippen LogP contribution in [0.1, 0.15) is 0 Å². The molecule has 0 amide bonds. The zero-order chi connectivity index (χ0) is 14.1. The Bertz CT molecular complexity index is 803. The molecule has 0 atom stereocenters. The van der Waals surface area contributed by atoms with Crippen molar-refractivity contribution in [3.63, 3.8) is 0 Å². The molecule has 3 aromatic rings. The fourth-order valence-electron chi connectivity index (χ4n) is 1.71. The van der Waals surface area contributed by atoms with E-state index in [0.717, 1.165) is 5.56 Å². The largest absolute Gasteiger partial charge is 0.399 e. The molecule has 0 fully saturated rings. The van der Waals surface area contributed by atoms with Gasteiger partial charge in [0.1, 0.15) is 12.0 Å². The molecule has 8 nitrogen and oxygen atoms in total. The summed E-state index contributed by atoms with van der Waals surface area (Å²) >= 11 is 0. The van der Waals surface area contributed by atoms with Crippen LogP contribution >= 0.6 is 0 Å². The van der Waals surface area contributed by atoms with Gasteiger partial charge in [-0.1, -0.05) is 0 Å². The summed E-state index contributed by atoms with van der Waals surface area (Å²) < 4.78 is 1.36. The van der Waals surface area contributed by atoms with Gasteiger partial charge in [-0.15, -0.1) is 5.10 Å². The molecular formula is C12H11N7O. The lowest BCUT2D eigenvalue weighted by atomic mass is 10.2. The summed E-state index contributed by atoms with van der Waals surface area (Å²) in [6.07, 6.45) is 2.71. The monoisotopic (exact) mass is 269 g/mol. The van der Waals surface area contributed by atoms with E-state index in [1.54, 1.807) is 12.1 Å². The van der Waals surface area contributed by atoms with Crippen LogP contribution in [0.5, 0.6) is 0 Å². The van der Waals surface area contributed by atoms with E-state index in [9.17, 15) is 4.79 Å². The second-order valence-electron chi connectivity index (χ2n) is 4.10. The number of nitrogens with one attached hydrogen (secondary N) is 1. The molecule has 0 bridgehead atoms. The van der Waals surface area contributed by atoms with Gasteiger partial charge in [0.25, 0.3) is 5.56 Å². The number of aromatic amines is 1. The van der Waals surface area contributed by atoms with Crippen molar-refractivity contribution in [1.29, 1.82) is 0 Å². The van der Waals surface area contributed by atoms with E-state index in [-0.39, 0.29) is 11.5 Å². The van der Waals surface area contributed by atoms with Crippen molar-refractivity contribution in [3.8, 4) is 17.2 Å². The van der Waals surface area contributed by atoms with Gasteiger partial charge in [-0.3, -0.25) is 4.79 Å². The maximum atomic E-state index is 11.4. The molecule has 5 N–H and O–H groups in total. The fraction of sp³-hybridized carbons (Fsp3) is 0. The first-order valence-electron chi connectivity index (χ1n) is 5.76. The number of nitrogen functional groups attached to an aromatic ring is 2. The summed E-state index contributed by atoms with van der Waals surface area (Å²) in [4.78, 5) is 22.0. The summed E-state index contributed by atoms with van der Waals surface area (Å²) in [6.45, 7) is 0. The van der Waals surface area contributed by atoms with E-state index in [2.05, 4.69) is 20.1 Å². The van der Waals surface area contributed by atoms with Crippen molar-refractivity contribution in [2.75, 3.05) is 11.5 Å². The minimum atomic E-state index is -0.417. The van der Waals surface area contributed by atoms with Crippen molar-refractivity contribution < 1.29 is 0 Å². The first kappa shape index (κ1) is 11.9. The number of aromatic nitrogens is 5. The molecule has 20 heavy (non-hydrogen) atoms. The summed E-state index contributed by atoms with van der Waals surface area (Å²) in [5.41, 5.74) is 12.3. The SMILES string of the molecule is Nc1ccc(-c2ncn(-c3nc[nH]c(=O)c3N)n2)cc1. The molecule has 0 unspecified atom stereocenters. The molecule has 2 aromatic heterocycles. The molecule has 0 spiro atoms. The van der Waals surface area contributed by atoms with Gasteiger partial charge in [-0.05, 0) is 24.3 Å². The molecule has 3 rings (SSSR count). The van der Waals surface area contributed by atoms with Gasteiger partial charge in [-0.2, -0.15) is 4.68 Å². The van der Waals surface area contributed by atoms with Crippen LogP contribution in [-0.2, 0) is 0 Å². The van der Waals surface area contributed by atoms with Crippen molar-refractivity contribution >= 4 is 11.4 Å². The highest BCUT2D eigenvalue weighted by Gasteiger charge is 2.10. The van der Waals surface area contributed by atoms with Gasteiger partial charge in [0.15, 0.2) is 11.6 Å². The van der Waals surface area contributed by atoms with Crippen LogP contribution in [0.25, 0.3) is 17.2 Å². The molecule has 0 radical (unpaired) electrons. The molecular weight excluding hydrogens is 258 g/mol. The highest BCUT2D eigenvalue weighted by atomic mass is 16.1. The molecule has 8 heteroatoms. The van der Waals surface area contributed by atoms with Crippen molar-refractivity contribution in [2.45, 2.75) is 0 Å². The average Bonchev–Trinajstić information content (AvgIpc) is 2.92. The lowest BCUT2D eigenvalue weighted by Crippen LogP contribution is -2.16. The lowest BCUT2D eigenvalue weighted by Gasteiger charge is -2.01. The van der Waals surface area contributed by atoms with Crippen LogP contribution < -0.4 is 17.0 Å². The highest BCUT2D eigenvalue weighted by molar-refractivity contribution is 5.58. The second kappa shape index (κ2) is 4.50. The van der Waals surface area contributed by atoms with Crippen LogP contribution in [0, 0.1) is 0 Å². The van der Waals surface area contributed by atoms with Crippen LogP contribution in [0.3, 0.4) is 0 Å². The lowest BCUT2D eigenvalue weighted by molar-refractivity contribution is 0.840. The van der Waals surface area contributed by atoms with Crippen molar-refractivity contribution in [1.82, 2.24) is 24.7 Å². The molecule has 0 aliphatic rings. The molecule has 0 saturated carbocycles. The minimum absolute atomic E-state index is 0.0127. The van der Waals surface area contributed by atoms with E-state index in [4.69, 9.17) is 11.5 Å². The number of rotatable bonds is 2. The molecule has 0 saturated heterocycles. The molecule has 0 aliphatic heterocycles. The Morgan fingerprint density at radius 2 is 1.85 bits per heavy atom. The third kappa shape index (κ3) is 1.99. The maximum absolute atomic E-state index is 11.4. The van der Waals surface area contributed by atoms with Crippen LogP contribution in [-0.4, -0.2) is 24.7 Å². The predicted octanol–water partition coefficient (Wildman–Crippen LogP) is 0.182. The quantitative estimate of drug-likeness (QED) is 0.569. The van der Waals surface area contributed by atoms with Crippen LogP contribution in [0.15, 0.2) is 41.7 Å². The fourth-order valence-corrected chi connectivity index (χ4v) is 1.71. The number of hydrogen-bond acceptors (Lipinski definition) is 6. The number of H-pyrrole nitrogens is 1. The summed E-state index contributed by atoms with van der Waals surface area (Å²) in [5.74, 6) is 0.731. The summed E-state index contributed by atoms with van der Waals surface area (Å²) in [6, 6.07) is 7.14. The Morgan fingerprint density at radius 3 is 2.60 bits per heavy atom. The van der Waals surface area contributed by atoms with Crippen molar-refractivity contribution in [2.24, 2.45) is 0 Å². The minimum Gasteiger partial charge on any atom is -0.399 e. The van der Waals surface area contributed by atoms with Crippen molar-refractivity contribution in [3.05, 3.63) is 47.3 Å². The van der Waals surface area contributed by atoms with E-state index in [1.165, 1.54) is 17.3 Å². The second-order valence-corrected chi connectivity index (χ2v) is 4.10. The number of hydrogen-bond donors (Lipinski definition) is 3. The zero-order valence-corrected chi connectivity index (χ0v) is 10.3. The average molecular weight is 269 g/mol. The number of nitrogens with zero attached hydrogens (tertiary/aromatic N) is 4. The molecule has 1 aromatic carbocycles. The normalized spacial score (nSPS) is 10.6. The maximum Gasteiger partial charge on any atom is 0.276 e. The van der Waals surface area contributed by atoms with Gasteiger partial charge in [-0.25, -0.2) is 9.97 Å². The first-order valence-corrected chi connectivity index (χ1v) is 5.76. The van der Waals surface area contributed by atoms with Crippen LogP contribution in [0.2, 0.25) is 0 Å². The molecule has 2 heterocycles. The van der Waals surface area contributed by atoms with E-state index < -0.39 is 5.56 Å². The molecule has 100 valence electrons. The topological polar surface area (TPSA) is 128 Å². The Morgan fingerprint density at radius 1 is 1.10 bits per heavy atom. The summed E-state index contributed by atoms with van der Waals surface area (Å²) in [7, 11) is 0. The van der Waals surface area contributed by atoms with E-state index in [0.29, 0.717) is 11.5 Å². The highest BCUT2D eigenvalue weighted by Crippen LogP contribution is 2.17. The van der Waals surface area contributed by atoms with Gasteiger partial charge in [0.05, 0.1) is 6.33 Å². The van der Waals surface area contributed by atoms with Gasteiger partial charge < -0.3 is 16.5 Å². The standard InChI is InChI=1S/C12H11N7O/c13-8-3-1-7(2-4-8)10-17-6-19(18-10)11-9(14)12(20)16-5-15-11/h1-6H,13-14H2,(H,15,16,20). The number of nitrogens with two attached hydrogens (primary N) is 2. The van der Waals surface area contributed by atoms with Crippen LogP contribution in [0.4, 0.5) is 11.4 Å².